The van der Waals surface area contributed by atoms with Crippen LogP contribution in [0.5, 0.6) is 17.4 Å². The molecule has 2 heterocycles. The minimum absolute atomic E-state index is 0.0897. The van der Waals surface area contributed by atoms with Gasteiger partial charge in [0.15, 0.2) is 16.3 Å². The maximum Gasteiger partial charge on any atom is 0.260 e. The summed E-state index contributed by atoms with van der Waals surface area (Å²) < 4.78 is 12.3. The van der Waals surface area contributed by atoms with Gasteiger partial charge in [-0.05, 0) is 66.2 Å². The van der Waals surface area contributed by atoms with Crippen molar-refractivity contribution in [2.75, 3.05) is 20.8 Å². The summed E-state index contributed by atoms with van der Waals surface area (Å²) in [6.45, 7) is 0.628. The van der Waals surface area contributed by atoms with Crippen molar-refractivity contribution in [2.24, 2.45) is 0 Å². The molecule has 30 heavy (non-hydrogen) atoms. The van der Waals surface area contributed by atoms with Gasteiger partial charge in [0.1, 0.15) is 0 Å². The van der Waals surface area contributed by atoms with E-state index in [1.807, 2.05) is 12.1 Å². The molecule has 3 N–H and O–H groups in total. The van der Waals surface area contributed by atoms with Crippen LogP contribution in [0.25, 0.3) is 5.69 Å². The molecule has 156 valence electrons. The Kier molecular flexibility index (Phi) is 5.55. The first-order valence-corrected chi connectivity index (χ1v) is 10.1. The molecule has 0 radical (unpaired) electrons. The summed E-state index contributed by atoms with van der Waals surface area (Å²) in [5, 5.41) is 15.0. The molecule has 0 aliphatic carbocycles. The van der Waals surface area contributed by atoms with E-state index in [4.69, 9.17) is 33.3 Å². The largest absolute Gasteiger partial charge is 0.494 e. The summed E-state index contributed by atoms with van der Waals surface area (Å²) in [5.41, 5.74) is 2.15. The van der Waals surface area contributed by atoms with Crippen molar-refractivity contribution in [1.29, 1.82) is 0 Å². The van der Waals surface area contributed by atoms with Gasteiger partial charge in [0.25, 0.3) is 5.56 Å². The lowest BCUT2D eigenvalue weighted by Gasteiger charge is -2.29. The number of H-pyrrole nitrogens is 1. The maximum atomic E-state index is 12.9. The van der Waals surface area contributed by atoms with E-state index < -0.39 is 11.6 Å². The summed E-state index contributed by atoms with van der Waals surface area (Å²) in [6.07, 6.45) is 0.751. The molecule has 1 aliphatic rings. The van der Waals surface area contributed by atoms with Crippen LogP contribution in [0.15, 0.2) is 41.2 Å². The molecule has 1 aliphatic heterocycles. The van der Waals surface area contributed by atoms with Crippen LogP contribution < -0.4 is 20.3 Å². The molecule has 1 atom stereocenters. The fourth-order valence-electron chi connectivity index (χ4n) is 3.77. The van der Waals surface area contributed by atoms with Gasteiger partial charge in [-0.15, -0.1) is 0 Å². The predicted octanol–water partition coefficient (Wildman–Crippen LogP) is 3.51. The highest BCUT2D eigenvalue weighted by molar-refractivity contribution is 7.71. The Balaban J connectivity index is 1.93. The van der Waals surface area contributed by atoms with Crippen molar-refractivity contribution in [3.8, 4) is 23.1 Å². The fourth-order valence-corrected chi connectivity index (χ4v) is 4.18. The number of hydrogen-bond donors (Lipinski definition) is 3. The fraction of sp³-hybridized carbons (Fsp3) is 0.238. The van der Waals surface area contributed by atoms with Gasteiger partial charge >= 0.3 is 0 Å². The zero-order valence-corrected chi connectivity index (χ0v) is 17.9. The highest BCUT2D eigenvalue weighted by atomic mass is 35.5. The van der Waals surface area contributed by atoms with Crippen LogP contribution in [0.4, 0.5) is 0 Å². The number of halogens is 1. The summed E-state index contributed by atoms with van der Waals surface area (Å²) in [6, 6.07) is 10.0. The Labute approximate surface area is 182 Å². The molecule has 4 rings (SSSR count). The Morgan fingerprint density at radius 3 is 2.50 bits per heavy atom. The van der Waals surface area contributed by atoms with Crippen LogP contribution >= 0.6 is 23.8 Å². The second kappa shape index (κ2) is 8.14. The van der Waals surface area contributed by atoms with E-state index in [1.54, 1.807) is 38.5 Å². The van der Waals surface area contributed by atoms with Crippen molar-refractivity contribution in [2.45, 2.75) is 12.5 Å². The van der Waals surface area contributed by atoms with Crippen molar-refractivity contribution in [1.82, 2.24) is 14.9 Å². The quantitative estimate of drug-likeness (QED) is 0.533. The first-order valence-electron chi connectivity index (χ1n) is 9.27. The highest BCUT2D eigenvalue weighted by Gasteiger charge is 2.29. The number of aromatic amines is 1. The second-order valence-electron chi connectivity index (χ2n) is 6.85. The maximum absolute atomic E-state index is 12.9. The van der Waals surface area contributed by atoms with Crippen molar-refractivity contribution >= 4 is 23.8 Å². The molecular formula is C21H20ClN3O4S. The number of hydrogen-bond acceptors (Lipinski definition) is 6. The number of aromatic hydroxyl groups is 1. The van der Waals surface area contributed by atoms with E-state index in [2.05, 4.69) is 10.3 Å². The van der Waals surface area contributed by atoms with E-state index in [-0.39, 0.29) is 16.2 Å². The average molecular weight is 446 g/mol. The van der Waals surface area contributed by atoms with Gasteiger partial charge in [0.2, 0.25) is 5.88 Å². The third-order valence-corrected chi connectivity index (χ3v) is 5.73. The van der Waals surface area contributed by atoms with Gasteiger partial charge in [-0.3, -0.25) is 14.3 Å². The number of rotatable bonds is 4. The van der Waals surface area contributed by atoms with E-state index in [0.717, 1.165) is 17.5 Å². The SMILES string of the molecule is COc1cc2c(cc1OC)C(c1c(O)n(-c3ccc(Cl)cc3)c(=S)[nH]c1=O)NCC2. The predicted molar refractivity (Wildman–Crippen MR) is 117 cm³/mol. The smallest absolute Gasteiger partial charge is 0.260 e. The summed E-state index contributed by atoms with van der Waals surface area (Å²) in [5.74, 6) is 0.935. The van der Waals surface area contributed by atoms with E-state index >= 15 is 0 Å². The van der Waals surface area contributed by atoms with Crippen molar-refractivity contribution < 1.29 is 14.6 Å². The monoisotopic (exact) mass is 445 g/mol. The first kappa shape index (κ1) is 20.5. The molecule has 9 heteroatoms. The molecule has 3 aromatic rings. The van der Waals surface area contributed by atoms with Gasteiger partial charge < -0.3 is 19.9 Å². The Morgan fingerprint density at radius 1 is 1.17 bits per heavy atom. The van der Waals surface area contributed by atoms with Gasteiger partial charge in [0, 0.05) is 11.6 Å². The summed E-state index contributed by atoms with van der Waals surface area (Å²) in [7, 11) is 3.14. The molecule has 0 saturated carbocycles. The highest BCUT2D eigenvalue weighted by Crippen LogP contribution is 2.38. The minimum atomic E-state index is -0.550. The lowest BCUT2D eigenvalue weighted by molar-refractivity contribution is 0.352. The molecule has 0 spiro atoms. The molecule has 0 saturated heterocycles. The summed E-state index contributed by atoms with van der Waals surface area (Å²) in [4.78, 5) is 15.5. The number of fused-ring (bicyclic) bond motifs is 1. The van der Waals surface area contributed by atoms with E-state index in [9.17, 15) is 9.90 Å². The van der Waals surface area contributed by atoms with Crippen LogP contribution in [0, 0.1) is 4.77 Å². The third-order valence-electron chi connectivity index (χ3n) is 5.19. The second-order valence-corrected chi connectivity index (χ2v) is 7.67. The first-order chi connectivity index (χ1) is 14.4. The standard InChI is InChI=1S/C21H20ClN3O4S/c1-28-15-9-11-7-8-23-18(14(11)10-16(15)29-2)17-19(26)24-21(30)25(20(17)27)13-5-3-12(22)4-6-13/h3-6,9-10,18,23,27H,7-8H2,1-2H3,(H,24,26,30). The Bertz CT molecular complexity index is 1220. The van der Waals surface area contributed by atoms with Crippen LogP contribution in [-0.2, 0) is 6.42 Å². The summed E-state index contributed by atoms with van der Waals surface area (Å²) >= 11 is 11.3. The normalized spacial score (nSPS) is 15.5. The molecule has 0 bridgehead atoms. The third kappa shape index (κ3) is 3.47. The van der Waals surface area contributed by atoms with Gasteiger partial charge in [-0.1, -0.05) is 11.6 Å². The molecule has 1 unspecified atom stereocenters. The minimum Gasteiger partial charge on any atom is -0.494 e. The number of nitrogens with zero attached hydrogens (tertiary/aromatic N) is 1. The van der Waals surface area contributed by atoms with Crippen molar-refractivity contribution in [3.05, 3.63) is 73.2 Å². The zero-order valence-electron chi connectivity index (χ0n) is 16.4. The molecule has 2 aromatic carbocycles. The number of aromatic nitrogens is 2. The number of ether oxygens (including phenoxy) is 2. The number of benzene rings is 2. The average Bonchev–Trinajstić information content (AvgIpc) is 2.73. The van der Waals surface area contributed by atoms with E-state index in [0.29, 0.717) is 28.8 Å². The van der Waals surface area contributed by atoms with Crippen molar-refractivity contribution in [3.63, 3.8) is 0 Å². The molecular weight excluding hydrogens is 426 g/mol. The number of nitrogens with one attached hydrogen (secondary N) is 2. The Hall–Kier alpha value is -2.81. The Morgan fingerprint density at radius 2 is 1.83 bits per heavy atom. The van der Waals surface area contributed by atoms with Gasteiger partial charge in [0.05, 0.1) is 31.5 Å². The lowest BCUT2D eigenvalue weighted by atomic mass is 9.90. The van der Waals surface area contributed by atoms with Gasteiger partial charge in [-0.2, -0.15) is 0 Å². The molecule has 1 aromatic heterocycles. The van der Waals surface area contributed by atoms with E-state index in [1.165, 1.54) is 4.57 Å². The topological polar surface area (TPSA) is 88.5 Å². The van der Waals surface area contributed by atoms with Crippen LogP contribution in [0.1, 0.15) is 22.7 Å². The number of methoxy groups -OCH3 is 2. The molecule has 0 amide bonds. The zero-order chi connectivity index (χ0) is 21.4. The molecule has 0 fully saturated rings. The van der Waals surface area contributed by atoms with Crippen LogP contribution in [-0.4, -0.2) is 35.4 Å². The van der Waals surface area contributed by atoms with Crippen LogP contribution in [0.3, 0.4) is 0 Å². The van der Waals surface area contributed by atoms with Gasteiger partial charge in [-0.25, -0.2) is 0 Å². The lowest BCUT2D eigenvalue weighted by Crippen LogP contribution is -2.35. The molecule has 7 nitrogen and oxygen atoms in total. The van der Waals surface area contributed by atoms with Crippen LogP contribution in [0.2, 0.25) is 5.02 Å².